The van der Waals surface area contributed by atoms with E-state index < -0.39 is 0 Å². The van der Waals surface area contributed by atoms with E-state index in [9.17, 15) is 0 Å². The molecule has 0 saturated carbocycles. The van der Waals surface area contributed by atoms with Crippen molar-refractivity contribution in [3.8, 4) is 44.8 Å². The predicted molar refractivity (Wildman–Crippen MR) is 221 cm³/mol. The molecule has 0 bridgehead atoms. The topological polar surface area (TPSA) is 25.8 Å². The number of benzene rings is 7. The van der Waals surface area contributed by atoms with Gasteiger partial charge in [0.25, 0.3) is 0 Å². The fourth-order valence-corrected chi connectivity index (χ4v) is 9.28. The Bertz CT molecular complexity index is 2640. The Balaban J connectivity index is 0.000000448. The lowest BCUT2D eigenvalue weighted by atomic mass is 9.99. The highest BCUT2D eigenvalue weighted by Crippen LogP contribution is 2.42. The van der Waals surface area contributed by atoms with Crippen molar-refractivity contribution in [3.63, 3.8) is 0 Å². The third-order valence-corrected chi connectivity index (χ3v) is 11.8. The number of rotatable bonds is 4. The van der Waals surface area contributed by atoms with E-state index in [1.54, 1.807) is 0 Å². The van der Waals surface area contributed by atoms with E-state index in [0.29, 0.717) is 0 Å². The fraction of sp³-hybridized carbons (Fsp3) is 0.0213. The molecule has 0 radical (unpaired) electrons. The molecule has 4 heteroatoms. The third kappa shape index (κ3) is 5.99. The molecule has 3 aromatic heterocycles. The van der Waals surface area contributed by atoms with Gasteiger partial charge in [-0.05, 0) is 59.0 Å². The molecule has 0 N–H and O–H groups in total. The summed E-state index contributed by atoms with van der Waals surface area (Å²) in [6, 6.07) is 58.1. The van der Waals surface area contributed by atoms with Crippen molar-refractivity contribution >= 4 is 63.0 Å². The molecular weight excluding hydrogens is 657 g/mol. The van der Waals surface area contributed by atoms with Crippen LogP contribution in [0.3, 0.4) is 0 Å². The maximum Gasteiger partial charge on any atom is 0.159 e. The van der Waals surface area contributed by atoms with E-state index in [1.807, 2.05) is 53.3 Å². The van der Waals surface area contributed by atoms with E-state index >= 15 is 0 Å². The Labute approximate surface area is 305 Å². The smallest absolute Gasteiger partial charge is 0.159 e. The average Bonchev–Trinajstić information content (AvgIpc) is 3.77. The standard InChI is InChI=1S/C40H24N2S2.C7H8/c1-3-19-36-32(13-1)34-17-7-15-30(38(34)43-36)26-10-5-9-25(21-26)29-23-41-40(42-24-29)28-12-6-11-27(22-28)31-16-8-18-35-33-14-2-4-20-37(33)44-39(31)35;1-7-5-3-2-4-6-7/h1-24H;2-6H,1H3. The minimum absolute atomic E-state index is 0.727. The lowest BCUT2D eigenvalue weighted by Crippen LogP contribution is -1.91. The van der Waals surface area contributed by atoms with Crippen molar-refractivity contribution in [3.05, 3.63) is 182 Å². The first kappa shape index (κ1) is 31.1. The number of hydrogen-bond acceptors (Lipinski definition) is 4. The molecule has 0 spiro atoms. The highest BCUT2D eigenvalue weighted by atomic mass is 32.1. The SMILES string of the molecule is Cc1ccccc1.c1cc(-c2cnc(-c3cccc(-c4cccc5c4sc4ccccc45)c3)nc2)cc(-c2cccc3c2sc2ccccc23)c1. The fourth-order valence-electron chi connectivity index (χ4n) is 6.80. The molecule has 0 aliphatic rings. The molecule has 242 valence electrons. The first-order chi connectivity index (χ1) is 25.2. The highest BCUT2D eigenvalue weighted by molar-refractivity contribution is 7.26. The van der Waals surface area contributed by atoms with Crippen molar-refractivity contribution in [1.82, 2.24) is 9.97 Å². The summed E-state index contributed by atoms with van der Waals surface area (Å²) in [5, 5.41) is 5.25. The summed E-state index contributed by atoms with van der Waals surface area (Å²) < 4.78 is 5.27. The van der Waals surface area contributed by atoms with Gasteiger partial charge in [-0.2, -0.15) is 0 Å². The van der Waals surface area contributed by atoms with Gasteiger partial charge < -0.3 is 0 Å². The molecule has 0 atom stereocenters. The average molecular weight is 689 g/mol. The lowest BCUT2D eigenvalue weighted by Gasteiger charge is -2.09. The molecule has 2 nitrogen and oxygen atoms in total. The molecule has 51 heavy (non-hydrogen) atoms. The lowest BCUT2D eigenvalue weighted by molar-refractivity contribution is 1.18. The van der Waals surface area contributed by atoms with E-state index in [4.69, 9.17) is 9.97 Å². The van der Waals surface area contributed by atoms with Crippen molar-refractivity contribution in [2.24, 2.45) is 0 Å². The largest absolute Gasteiger partial charge is 0.236 e. The summed E-state index contributed by atoms with van der Waals surface area (Å²) in [7, 11) is 0. The van der Waals surface area contributed by atoms with Crippen LogP contribution in [0.1, 0.15) is 5.56 Å². The van der Waals surface area contributed by atoms with Crippen LogP contribution in [-0.2, 0) is 0 Å². The van der Waals surface area contributed by atoms with Crippen LogP contribution < -0.4 is 0 Å². The number of hydrogen-bond donors (Lipinski definition) is 0. The summed E-state index contributed by atoms with van der Waals surface area (Å²) in [5.74, 6) is 0.727. The van der Waals surface area contributed by atoms with Gasteiger partial charge >= 0.3 is 0 Å². The van der Waals surface area contributed by atoms with Crippen molar-refractivity contribution in [1.29, 1.82) is 0 Å². The molecule has 7 aromatic carbocycles. The van der Waals surface area contributed by atoms with Crippen LogP contribution in [0.25, 0.3) is 85.1 Å². The zero-order chi connectivity index (χ0) is 34.1. The van der Waals surface area contributed by atoms with Gasteiger partial charge in [-0.1, -0.05) is 145 Å². The van der Waals surface area contributed by atoms with Gasteiger partial charge in [0, 0.05) is 63.9 Å². The highest BCUT2D eigenvalue weighted by Gasteiger charge is 2.13. The van der Waals surface area contributed by atoms with E-state index in [2.05, 4.69) is 153 Å². The molecule has 0 aliphatic carbocycles. The second-order valence-corrected chi connectivity index (χ2v) is 14.8. The van der Waals surface area contributed by atoms with Gasteiger partial charge in [0.1, 0.15) is 0 Å². The normalized spacial score (nSPS) is 11.2. The number of nitrogens with zero attached hydrogens (tertiary/aromatic N) is 2. The van der Waals surface area contributed by atoms with E-state index in [1.165, 1.54) is 68.2 Å². The molecule has 10 rings (SSSR count). The maximum atomic E-state index is 4.83. The van der Waals surface area contributed by atoms with Gasteiger partial charge in [-0.25, -0.2) is 9.97 Å². The predicted octanol–water partition coefficient (Wildman–Crippen LogP) is 13.9. The zero-order valence-corrected chi connectivity index (χ0v) is 29.6. The van der Waals surface area contributed by atoms with Crippen LogP contribution in [0, 0.1) is 6.92 Å². The van der Waals surface area contributed by atoms with Gasteiger partial charge in [0.05, 0.1) is 0 Å². The Morgan fingerprint density at radius 1 is 0.373 bits per heavy atom. The van der Waals surface area contributed by atoms with Gasteiger partial charge in [-0.3, -0.25) is 0 Å². The number of aromatic nitrogens is 2. The molecule has 0 amide bonds. The molecule has 0 fully saturated rings. The molecular formula is C47H32N2S2. The summed E-state index contributed by atoms with van der Waals surface area (Å²) in [6.45, 7) is 2.08. The van der Waals surface area contributed by atoms with Gasteiger partial charge in [0.15, 0.2) is 5.82 Å². The number of aryl methyl sites for hydroxylation is 1. The number of fused-ring (bicyclic) bond motifs is 6. The summed E-state index contributed by atoms with van der Waals surface area (Å²) in [6.07, 6.45) is 3.89. The summed E-state index contributed by atoms with van der Waals surface area (Å²) in [5.41, 5.74) is 9.33. The first-order valence-corrected chi connectivity index (χ1v) is 18.7. The second-order valence-electron chi connectivity index (χ2n) is 12.7. The Morgan fingerprint density at radius 3 is 1.37 bits per heavy atom. The minimum atomic E-state index is 0.727. The van der Waals surface area contributed by atoms with Crippen molar-refractivity contribution < 1.29 is 0 Å². The van der Waals surface area contributed by atoms with Gasteiger partial charge in [0.2, 0.25) is 0 Å². The van der Waals surface area contributed by atoms with Crippen molar-refractivity contribution in [2.75, 3.05) is 0 Å². The Morgan fingerprint density at radius 2 is 0.824 bits per heavy atom. The summed E-state index contributed by atoms with van der Waals surface area (Å²) in [4.78, 5) is 9.66. The Hall–Kier alpha value is -5.94. The van der Waals surface area contributed by atoms with Crippen LogP contribution in [0.2, 0.25) is 0 Å². The summed E-state index contributed by atoms with van der Waals surface area (Å²) >= 11 is 3.72. The maximum absolute atomic E-state index is 4.83. The minimum Gasteiger partial charge on any atom is -0.236 e. The van der Waals surface area contributed by atoms with Crippen LogP contribution in [0.15, 0.2) is 176 Å². The molecule has 0 aliphatic heterocycles. The van der Waals surface area contributed by atoms with Gasteiger partial charge in [-0.15, -0.1) is 22.7 Å². The number of thiophene rings is 2. The molecule has 0 saturated heterocycles. The first-order valence-electron chi connectivity index (χ1n) is 17.1. The van der Waals surface area contributed by atoms with Crippen LogP contribution in [0.5, 0.6) is 0 Å². The van der Waals surface area contributed by atoms with Crippen LogP contribution >= 0.6 is 22.7 Å². The third-order valence-electron chi connectivity index (χ3n) is 9.34. The van der Waals surface area contributed by atoms with Crippen molar-refractivity contribution in [2.45, 2.75) is 6.92 Å². The molecule has 0 unspecified atom stereocenters. The quantitative estimate of drug-likeness (QED) is 0.184. The van der Waals surface area contributed by atoms with Crippen LogP contribution in [-0.4, -0.2) is 9.97 Å². The monoisotopic (exact) mass is 688 g/mol. The molecule has 10 aromatic rings. The molecule has 3 heterocycles. The van der Waals surface area contributed by atoms with Crippen LogP contribution in [0.4, 0.5) is 0 Å². The Kier molecular flexibility index (Phi) is 8.17. The zero-order valence-electron chi connectivity index (χ0n) is 28.0. The second kappa shape index (κ2) is 13.4. The van der Waals surface area contributed by atoms with E-state index in [-0.39, 0.29) is 0 Å². The van der Waals surface area contributed by atoms with E-state index in [0.717, 1.165) is 22.5 Å².